The van der Waals surface area contributed by atoms with Crippen LogP contribution in [0.2, 0.25) is 5.02 Å². The molecule has 0 spiro atoms. The number of anilines is 1. The molecule has 0 aliphatic heterocycles. The summed E-state index contributed by atoms with van der Waals surface area (Å²) >= 11 is 9.02. The van der Waals surface area contributed by atoms with E-state index in [1.54, 1.807) is 17.4 Å². The van der Waals surface area contributed by atoms with E-state index in [9.17, 15) is 4.79 Å². The number of halogens is 1. The number of rotatable bonds is 2. The molecule has 0 aliphatic rings. The smallest absolute Gasteiger partial charge is 0.350 e. The van der Waals surface area contributed by atoms with E-state index in [4.69, 9.17) is 17.3 Å². The Morgan fingerprint density at radius 1 is 1.53 bits per heavy atom. The summed E-state index contributed by atoms with van der Waals surface area (Å²) in [4.78, 5) is 13.7. The molecule has 2 N–H and O–H groups in total. The molecule has 0 saturated carbocycles. The molecule has 2 aromatic heterocycles. The zero-order valence-corrected chi connectivity index (χ0v) is 11.6. The first-order valence-electron chi connectivity index (χ1n) is 4.76. The van der Waals surface area contributed by atoms with Crippen LogP contribution in [0.5, 0.6) is 0 Å². The number of ether oxygens (including phenoxy) is 1. The lowest BCUT2D eigenvalue weighted by Crippen LogP contribution is -2.00. The first-order chi connectivity index (χ1) is 8.04. The molecule has 90 valence electrons. The number of carbonyl (C=O) groups excluding carboxylic acids is 1. The lowest BCUT2D eigenvalue weighted by atomic mass is 10.3. The molecule has 0 aliphatic carbocycles. The van der Waals surface area contributed by atoms with E-state index >= 15 is 0 Å². The zero-order chi connectivity index (χ0) is 12.6. The Hall–Kier alpha value is -1.04. The minimum atomic E-state index is -0.414. The van der Waals surface area contributed by atoms with Crippen LogP contribution in [0.1, 0.15) is 15.2 Å². The van der Waals surface area contributed by atoms with Gasteiger partial charge in [0.15, 0.2) is 0 Å². The molecular weight excluding hydrogens is 278 g/mol. The number of nitrogen functional groups attached to an aromatic ring is 1. The van der Waals surface area contributed by atoms with Gasteiger partial charge < -0.3 is 10.5 Å². The standard InChI is InChI=1S/C11H10ClNO2S2/c1-5-4-16-10(8(5)12)7-3-6(13)9(17-7)11(14)15-2/h3-4H,13H2,1-2H3. The minimum absolute atomic E-state index is 0.414. The summed E-state index contributed by atoms with van der Waals surface area (Å²) in [6.45, 7) is 1.94. The van der Waals surface area contributed by atoms with Gasteiger partial charge in [-0.3, -0.25) is 0 Å². The largest absolute Gasteiger partial charge is 0.465 e. The molecule has 3 nitrogen and oxygen atoms in total. The molecule has 2 heterocycles. The van der Waals surface area contributed by atoms with Gasteiger partial charge in [0.2, 0.25) is 0 Å². The normalized spacial score (nSPS) is 10.5. The van der Waals surface area contributed by atoms with E-state index in [0.29, 0.717) is 15.6 Å². The van der Waals surface area contributed by atoms with Crippen LogP contribution in [0.3, 0.4) is 0 Å². The monoisotopic (exact) mass is 287 g/mol. The average Bonchev–Trinajstić information content (AvgIpc) is 2.83. The summed E-state index contributed by atoms with van der Waals surface area (Å²) in [6.07, 6.45) is 0. The highest BCUT2D eigenvalue weighted by Gasteiger charge is 2.18. The maximum absolute atomic E-state index is 11.4. The third-order valence-electron chi connectivity index (χ3n) is 2.25. The molecule has 0 saturated heterocycles. The quantitative estimate of drug-likeness (QED) is 0.855. The first kappa shape index (κ1) is 12.4. The van der Waals surface area contributed by atoms with E-state index in [0.717, 1.165) is 15.3 Å². The number of methoxy groups -OCH3 is 1. The van der Waals surface area contributed by atoms with Crippen LogP contribution in [0.25, 0.3) is 9.75 Å². The maximum Gasteiger partial charge on any atom is 0.350 e. The van der Waals surface area contributed by atoms with Crippen LogP contribution in [0.15, 0.2) is 11.4 Å². The minimum Gasteiger partial charge on any atom is -0.465 e. The van der Waals surface area contributed by atoms with Crippen LogP contribution < -0.4 is 5.73 Å². The van der Waals surface area contributed by atoms with Crippen molar-refractivity contribution in [1.82, 2.24) is 0 Å². The van der Waals surface area contributed by atoms with Crippen LogP contribution in [-0.4, -0.2) is 13.1 Å². The van der Waals surface area contributed by atoms with Crippen molar-refractivity contribution in [1.29, 1.82) is 0 Å². The molecule has 0 fully saturated rings. The van der Waals surface area contributed by atoms with Crippen LogP contribution in [-0.2, 0) is 4.74 Å². The van der Waals surface area contributed by atoms with E-state index in [2.05, 4.69) is 4.74 Å². The summed E-state index contributed by atoms with van der Waals surface area (Å²) in [7, 11) is 1.34. The highest BCUT2D eigenvalue weighted by atomic mass is 35.5. The van der Waals surface area contributed by atoms with Crippen LogP contribution >= 0.6 is 34.3 Å². The fraction of sp³-hybridized carbons (Fsp3) is 0.182. The predicted molar refractivity (Wildman–Crippen MR) is 73.1 cm³/mol. The summed E-state index contributed by atoms with van der Waals surface area (Å²) < 4.78 is 4.66. The molecule has 0 bridgehead atoms. The number of hydrogen-bond acceptors (Lipinski definition) is 5. The average molecular weight is 288 g/mol. The maximum atomic E-state index is 11.4. The van der Waals surface area contributed by atoms with Crippen molar-refractivity contribution >= 4 is 45.9 Å². The van der Waals surface area contributed by atoms with Gasteiger partial charge in [0, 0.05) is 4.88 Å². The number of carbonyl (C=O) groups is 1. The zero-order valence-electron chi connectivity index (χ0n) is 9.24. The lowest BCUT2D eigenvalue weighted by Gasteiger charge is -1.95. The number of hydrogen-bond donors (Lipinski definition) is 1. The molecule has 0 unspecified atom stereocenters. The van der Waals surface area contributed by atoms with E-state index in [1.165, 1.54) is 18.4 Å². The molecule has 17 heavy (non-hydrogen) atoms. The Bertz CT molecular complexity index is 574. The third-order valence-corrected chi connectivity index (χ3v) is 5.26. The van der Waals surface area contributed by atoms with Crippen molar-refractivity contribution in [3.05, 3.63) is 26.9 Å². The van der Waals surface area contributed by atoms with Crippen LogP contribution in [0.4, 0.5) is 5.69 Å². The van der Waals surface area contributed by atoms with Crippen molar-refractivity contribution in [2.75, 3.05) is 12.8 Å². The van der Waals surface area contributed by atoms with Gasteiger partial charge in [0.1, 0.15) is 4.88 Å². The molecule has 0 aromatic carbocycles. The number of thiophene rings is 2. The second kappa shape index (κ2) is 4.68. The van der Waals surface area contributed by atoms with Gasteiger partial charge in [0.05, 0.1) is 22.7 Å². The second-order valence-electron chi connectivity index (χ2n) is 3.45. The van der Waals surface area contributed by atoms with Gasteiger partial charge in [-0.1, -0.05) is 11.6 Å². The van der Waals surface area contributed by atoms with E-state index in [-0.39, 0.29) is 0 Å². The second-order valence-corrected chi connectivity index (χ2v) is 5.76. The van der Waals surface area contributed by atoms with Gasteiger partial charge in [-0.15, -0.1) is 22.7 Å². The Balaban J connectivity index is 2.48. The molecule has 2 aromatic rings. The molecule has 0 atom stereocenters. The summed E-state index contributed by atoms with van der Waals surface area (Å²) in [5.41, 5.74) is 7.24. The summed E-state index contributed by atoms with van der Waals surface area (Å²) in [5, 5.41) is 2.69. The fourth-order valence-electron chi connectivity index (χ4n) is 1.37. The lowest BCUT2D eigenvalue weighted by molar-refractivity contribution is 0.0607. The summed E-state index contributed by atoms with van der Waals surface area (Å²) in [6, 6.07) is 1.76. The predicted octanol–water partition coefficient (Wildman–Crippen LogP) is 3.81. The molecule has 2 rings (SSSR count). The Kier molecular flexibility index (Phi) is 3.42. The van der Waals surface area contributed by atoms with Crippen molar-refractivity contribution in [2.45, 2.75) is 6.92 Å². The molecule has 0 radical (unpaired) electrons. The highest BCUT2D eigenvalue weighted by molar-refractivity contribution is 7.23. The Labute approximate surface area is 112 Å². The van der Waals surface area contributed by atoms with Gasteiger partial charge in [-0.05, 0) is 23.9 Å². The van der Waals surface area contributed by atoms with Crippen molar-refractivity contribution in [2.24, 2.45) is 0 Å². The third kappa shape index (κ3) is 2.18. The number of aryl methyl sites for hydroxylation is 1. The SMILES string of the molecule is COC(=O)c1sc(-c2scc(C)c2Cl)cc1N. The fourth-order valence-corrected chi connectivity index (χ4v) is 3.84. The number of nitrogens with two attached hydrogens (primary N) is 1. The number of esters is 1. The Morgan fingerprint density at radius 2 is 2.24 bits per heavy atom. The van der Waals surface area contributed by atoms with Crippen molar-refractivity contribution in [3.8, 4) is 9.75 Å². The van der Waals surface area contributed by atoms with Crippen molar-refractivity contribution in [3.63, 3.8) is 0 Å². The molecule has 0 amide bonds. The molecule has 6 heteroatoms. The van der Waals surface area contributed by atoms with E-state index in [1.807, 2.05) is 12.3 Å². The van der Waals surface area contributed by atoms with Crippen molar-refractivity contribution < 1.29 is 9.53 Å². The van der Waals surface area contributed by atoms with E-state index < -0.39 is 5.97 Å². The van der Waals surface area contributed by atoms with Gasteiger partial charge in [0.25, 0.3) is 0 Å². The van der Waals surface area contributed by atoms with Gasteiger partial charge in [-0.2, -0.15) is 0 Å². The van der Waals surface area contributed by atoms with Crippen LogP contribution in [0, 0.1) is 6.92 Å². The topological polar surface area (TPSA) is 52.3 Å². The first-order valence-corrected chi connectivity index (χ1v) is 6.83. The van der Waals surface area contributed by atoms with Gasteiger partial charge in [-0.25, -0.2) is 4.79 Å². The highest BCUT2D eigenvalue weighted by Crippen LogP contribution is 2.42. The Morgan fingerprint density at radius 3 is 2.76 bits per heavy atom. The van der Waals surface area contributed by atoms with Gasteiger partial charge >= 0.3 is 5.97 Å². The summed E-state index contributed by atoms with van der Waals surface area (Å²) in [5.74, 6) is -0.414. The molecular formula is C11H10ClNO2S2.